The molecule has 8 nitrogen and oxygen atoms in total. The van der Waals surface area contributed by atoms with Crippen LogP contribution in [-0.4, -0.2) is 47.0 Å². The molecular weight excluding hydrogens is 463 g/mol. The topological polar surface area (TPSA) is 111 Å². The number of aliphatic hydroxyl groups excluding tert-OH is 1. The molecule has 0 spiro atoms. The summed E-state index contributed by atoms with van der Waals surface area (Å²) in [6, 6.07) is 10.1. The highest BCUT2D eigenvalue weighted by molar-refractivity contribution is 6.05. The maximum Gasteiger partial charge on any atom is 0.573 e. The van der Waals surface area contributed by atoms with Crippen LogP contribution >= 0.6 is 0 Å². The summed E-state index contributed by atoms with van der Waals surface area (Å²) < 4.78 is 40.9. The summed E-state index contributed by atoms with van der Waals surface area (Å²) in [4.78, 5) is 23.5. The fourth-order valence-corrected chi connectivity index (χ4v) is 3.81. The number of rotatable bonds is 6. The standard InChI is InChI=1S/C24H20F3N5O3/c25-24(26,27)35-20-3-1-19(2-4-20)31-23(34)18-8-21(17-7-16(9-28)10-29-11-17)22(30-12-18)32-6-5-15(13-32)14-33/h1-4,7-8,10-12,15,33H,5-6,13-14H2,(H,31,34). The molecule has 1 saturated heterocycles. The number of halogens is 3. The van der Waals surface area contributed by atoms with Gasteiger partial charge in [-0.15, -0.1) is 13.2 Å². The van der Waals surface area contributed by atoms with E-state index in [-0.39, 0.29) is 23.8 Å². The van der Waals surface area contributed by atoms with E-state index < -0.39 is 18.0 Å². The normalized spacial score (nSPS) is 15.5. The Bertz CT molecular complexity index is 1260. The monoisotopic (exact) mass is 483 g/mol. The van der Waals surface area contributed by atoms with Gasteiger partial charge in [-0.05, 0) is 42.8 Å². The number of nitrogens with one attached hydrogen (secondary N) is 1. The van der Waals surface area contributed by atoms with E-state index in [1.54, 1.807) is 18.3 Å². The SMILES string of the molecule is N#Cc1cncc(-c2cc(C(=O)Nc3ccc(OC(F)(F)F)cc3)cnc2N2CCC(CO)C2)c1. The molecule has 1 aliphatic rings. The summed E-state index contributed by atoms with van der Waals surface area (Å²) in [5, 5.41) is 21.4. The van der Waals surface area contributed by atoms with Gasteiger partial charge in [-0.25, -0.2) is 4.98 Å². The molecule has 1 unspecified atom stereocenters. The number of hydrogen-bond acceptors (Lipinski definition) is 7. The van der Waals surface area contributed by atoms with Gasteiger partial charge in [0.25, 0.3) is 5.91 Å². The van der Waals surface area contributed by atoms with Gasteiger partial charge >= 0.3 is 6.36 Å². The molecule has 1 fully saturated rings. The number of amides is 1. The summed E-state index contributed by atoms with van der Waals surface area (Å²) in [6.07, 6.45) is 0.394. The third kappa shape index (κ3) is 5.85. The Labute approximate surface area is 198 Å². The zero-order chi connectivity index (χ0) is 25.0. The number of nitriles is 1. The average Bonchev–Trinajstić information content (AvgIpc) is 3.33. The lowest BCUT2D eigenvalue weighted by Gasteiger charge is -2.21. The van der Waals surface area contributed by atoms with Crippen molar-refractivity contribution in [2.75, 3.05) is 29.9 Å². The molecule has 1 atom stereocenters. The van der Waals surface area contributed by atoms with E-state index in [0.29, 0.717) is 35.6 Å². The van der Waals surface area contributed by atoms with Gasteiger partial charge in [0, 0.05) is 61.0 Å². The van der Waals surface area contributed by atoms with Gasteiger partial charge in [0.15, 0.2) is 0 Å². The van der Waals surface area contributed by atoms with Crippen molar-refractivity contribution in [1.82, 2.24) is 9.97 Å². The van der Waals surface area contributed by atoms with Crippen LogP contribution in [0.15, 0.2) is 55.0 Å². The first-order valence-corrected chi connectivity index (χ1v) is 10.6. The van der Waals surface area contributed by atoms with Crippen molar-refractivity contribution in [3.05, 3.63) is 66.1 Å². The molecule has 0 radical (unpaired) electrons. The minimum absolute atomic E-state index is 0.0601. The predicted molar refractivity (Wildman–Crippen MR) is 121 cm³/mol. The quantitative estimate of drug-likeness (QED) is 0.545. The van der Waals surface area contributed by atoms with Crippen LogP contribution in [0.2, 0.25) is 0 Å². The zero-order valence-corrected chi connectivity index (χ0v) is 18.3. The molecule has 4 rings (SSSR count). The van der Waals surface area contributed by atoms with Crippen LogP contribution in [0.3, 0.4) is 0 Å². The molecule has 1 aromatic carbocycles. The van der Waals surface area contributed by atoms with Gasteiger partial charge in [-0.1, -0.05) is 0 Å². The Morgan fingerprint density at radius 1 is 1.23 bits per heavy atom. The molecule has 0 aliphatic carbocycles. The first kappa shape index (κ1) is 24.0. The summed E-state index contributed by atoms with van der Waals surface area (Å²) in [5.74, 6) is -0.210. The molecule has 1 aliphatic heterocycles. The van der Waals surface area contributed by atoms with Gasteiger partial charge in [0.05, 0.1) is 11.1 Å². The van der Waals surface area contributed by atoms with Crippen molar-refractivity contribution >= 4 is 17.4 Å². The van der Waals surface area contributed by atoms with Gasteiger partial charge < -0.3 is 20.1 Å². The highest BCUT2D eigenvalue weighted by Crippen LogP contribution is 2.33. The van der Waals surface area contributed by atoms with Crippen molar-refractivity contribution in [1.29, 1.82) is 5.26 Å². The van der Waals surface area contributed by atoms with E-state index in [0.717, 1.165) is 18.6 Å². The van der Waals surface area contributed by atoms with Crippen LogP contribution in [-0.2, 0) is 0 Å². The van der Waals surface area contributed by atoms with Crippen molar-refractivity contribution in [2.24, 2.45) is 5.92 Å². The third-order valence-electron chi connectivity index (χ3n) is 5.50. The fraction of sp³-hybridized carbons (Fsp3) is 0.250. The second-order valence-electron chi connectivity index (χ2n) is 7.98. The van der Waals surface area contributed by atoms with E-state index in [9.17, 15) is 28.3 Å². The average molecular weight is 483 g/mol. The number of pyridine rings is 2. The number of anilines is 2. The summed E-state index contributed by atoms with van der Waals surface area (Å²) in [6.45, 7) is 1.33. The Hall–Kier alpha value is -4.17. The maximum absolute atomic E-state index is 12.9. The van der Waals surface area contributed by atoms with E-state index in [2.05, 4.69) is 20.0 Å². The van der Waals surface area contributed by atoms with E-state index in [4.69, 9.17) is 0 Å². The van der Waals surface area contributed by atoms with Crippen LogP contribution in [0.25, 0.3) is 11.1 Å². The third-order valence-corrected chi connectivity index (χ3v) is 5.50. The minimum Gasteiger partial charge on any atom is -0.406 e. The number of hydrogen-bond donors (Lipinski definition) is 2. The van der Waals surface area contributed by atoms with Gasteiger partial charge in [-0.2, -0.15) is 5.26 Å². The maximum atomic E-state index is 12.9. The Kier molecular flexibility index (Phi) is 6.84. The number of aliphatic hydroxyl groups is 1. The van der Waals surface area contributed by atoms with Gasteiger partial charge in [-0.3, -0.25) is 9.78 Å². The van der Waals surface area contributed by atoms with Crippen LogP contribution in [0.5, 0.6) is 5.75 Å². The molecule has 11 heteroatoms. The van der Waals surface area contributed by atoms with Crippen molar-refractivity contribution in [3.63, 3.8) is 0 Å². The predicted octanol–water partition coefficient (Wildman–Crippen LogP) is 3.98. The molecule has 3 aromatic rings. The largest absolute Gasteiger partial charge is 0.573 e. The van der Waals surface area contributed by atoms with Crippen molar-refractivity contribution in [2.45, 2.75) is 12.8 Å². The second-order valence-corrected chi connectivity index (χ2v) is 7.98. The van der Waals surface area contributed by atoms with Crippen molar-refractivity contribution in [3.8, 4) is 22.9 Å². The number of benzene rings is 1. The number of carbonyl (C=O) groups is 1. The van der Waals surface area contributed by atoms with Gasteiger partial charge in [0.1, 0.15) is 17.6 Å². The highest BCUT2D eigenvalue weighted by Gasteiger charge is 2.31. The Balaban J connectivity index is 1.62. The minimum atomic E-state index is -4.81. The van der Waals surface area contributed by atoms with E-state index in [1.807, 2.05) is 11.0 Å². The number of carbonyl (C=O) groups excluding carboxylic acids is 1. The lowest BCUT2D eigenvalue weighted by molar-refractivity contribution is -0.274. The first-order chi connectivity index (χ1) is 16.8. The molecular formula is C24H20F3N5O3. The molecule has 3 heterocycles. The van der Waals surface area contributed by atoms with E-state index in [1.165, 1.54) is 24.5 Å². The molecule has 2 aromatic heterocycles. The van der Waals surface area contributed by atoms with Crippen LogP contribution in [0, 0.1) is 17.2 Å². The van der Waals surface area contributed by atoms with Crippen LogP contribution < -0.4 is 15.0 Å². The van der Waals surface area contributed by atoms with Gasteiger partial charge in [0.2, 0.25) is 0 Å². The number of nitrogens with zero attached hydrogens (tertiary/aromatic N) is 4. The van der Waals surface area contributed by atoms with E-state index >= 15 is 0 Å². The molecule has 0 saturated carbocycles. The smallest absolute Gasteiger partial charge is 0.406 e. The molecule has 1 amide bonds. The first-order valence-electron chi connectivity index (χ1n) is 10.6. The lowest BCUT2D eigenvalue weighted by Crippen LogP contribution is -2.23. The Morgan fingerprint density at radius 3 is 2.66 bits per heavy atom. The van der Waals surface area contributed by atoms with Crippen LogP contribution in [0.1, 0.15) is 22.3 Å². The molecule has 0 bridgehead atoms. The number of ether oxygens (including phenoxy) is 1. The summed E-state index contributed by atoms with van der Waals surface area (Å²) in [7, 11) is 0. The summed E-state index contributed by atoms with van der Waals surface area (Å²) >= 11 is 0. The van der Waals surface area contributed by atoms with Crippen molar-refractivity contribution < 1.29 is 27.8 Å². The lowest BCUT2D eigenvalue weighted by atomic mass is 10.0. The molecule has 180 valence electrons. The zero-order valence-electron chi connectivity index (χ0n) is 18.3. The summed E-state index contributed by atoms with van der Waals surface area (Å²) in [5.41, 5.74) is 2.02. The number of aromatic nitrogens is 2. The molecule has 2 N–H and O–H groups in total. The Morgan fingerprint density at radius 2 is 2.00 bits per heavy atom. The second kappa shape index (κ2) is 9.99. The highest BCUT2D eigenvalue weighted by atomic mass is 19.4. The fourth-order valence-electron chi connectivity index (χ4n) is 3.81. The van der Waals surface area contributed by atoms with Crippen LogP contribution in [0.4, 0.5) is 24.7 Å². The molecule has 35 heavy (non-hydrogen) atoms. The number of alkyl halides is 3.